The maximum atomic E-state index is 12.4. The Labute approximate surface area is 132 Å². The van der Waals surface area contributed by atoms with E-state index in [0.717, 1.165) is 18.5 Å². The van der Waals surface area contributed by atoms with Gasteiger partial charge >= 0.3 is 5.76 Å². The van der Waals surface area contributed by atoms with Gasteiger partial charge in [-0.2, -0.15) is 0 Å². The maximum absolute atomic E-state index is 12.4. The minimum absolute atomic E-state index is 0.105. The molecule has 4 rings (SSSR count). The smallest absolute Gasteiger partial charge is 0.406 e. The molecule has 2 fully saturated rings. The number of aromatic amines is 1. The molecule has 3 heterocycles. The van der Waals surface area contributed by atoms with Crippen LogP contribution in [0.15, 0.2) is 27.4 Å². The highest BCUT2D eigenvalue weighted by molar-refractivity contribution is 5.87. The molecule has 1 amide bonds. The van der Waals surface area contributed by atoms with Crippen LogP contribution in [0.2, 0.25) is 0 Å². The van der Waals surface area contributed by atoms with E-state index in [9.17, 15) is 9.59 Å². The van der Waals surface area contributed by atoms with Crippen LogP contribution in [0.5, 0.6) is 0 Å². The van der Waals surface area contributed by atoms with E-state index in [-0.39, 0.29) is 12.0 Å². The van der Waals surface area contributed by atoms with Crippen molar-refractivity contribution in [1.82, 2.24) is 9.88 Å². The Morgan fingerprint density at radius 1 is 1.22 bits per heavy atom. The number of oxazole rings is 1. The molecule has 1 aromatic heterocycles. The van der Waals surface area contributed by atoms with Crippen LogP contribution in [0, 0.1) is 0 Å². The number of aromatic nitrogens is 1. The highest BCUT2D eigenvalue weighted by Crippen LogP contribution is 2.26. The summed E-state index contributed by atoms with van der Waals surface area (Å²) in [5, 5.41) is 0. The number of fused-ring (bicyclic) bond motifs is 1. The molecule has 0 spiro atoms. The lowest BCUT2D eigenvalue weighted by molar-refractivity contribution is -0.141. The molecule has 0 bridgehead atoms. The molecule has 122 valence electrons. The first kappa shape index (κ1) is 14.3. The Hall–Kier alpha value is -2.28. The second kappa shape index (κ2) is 5.73. The number of H-pyrrole nitrogens is 1. The molecule has 2 saturated heterocycles. The lowest BCUT2D eigenvalue weighted by Crippen LogP contribution is -2.51. The Morgan fingerprint density at radius 3 is 2.78 bits per heavy atom. The molecule has 1 unspecified atom stereocenters. The van der Waals surface area contributed by atoms with E-state index >= 15 is 0 Å². The van der Waals surface area contributed by atoms with Crippen molar-refractivity contribution in [2.24, 2.45) is 0 Å². The van der Waals surface area contributed by atoms with Crippen LogP contribution < -0.4 is 10.7 Å². The molecule has 2 aromatic rings. The highest BCUT2D eigenvalue weighted by Gasteiger charge is 2.30. The van der Waals surface area contributed by atoms with Gasteiger partial charge < -0.3 is 19.0 Å². The standard InChI is InChI=1S/C16H19N3O4/c20-15(13-5-2-10-22-13)19-8-6-18(7-9-19)12-4-1-3-11-14(12)23-16(21)17-11/h1,3-4,13H,2,5-10H2,(H,17,21). The van der Waals surface area contributed by atoms with Crippen molar-refractivity contribution in [3.63, 3.8) is 0 Å². The molecule has 1 aromatic carbocycles. The largest absolute Gasteiger partial charge is 0.417 e. The van der Waals surface area contributed by atoms with E-state index in [1.54, 1.807) is 0 Å². The molecule has 1 atom stereocenters. The summed E-state index contributed by atoms with van der Waals surface area (Å²) >= 11 is 0. The van der Waals surface area contributed by atoms with Crippen molar-refractivity contribution in [2.75, 3.05) is 37.7 Å². The van der Waals surface area contributed by atoms with E-state index in [1.165, 1.54) is 0 Å². The Bertz CT molecular complexity index is 767. The SMILES string of the molecule is O=C(C1CCCO1)N1CCN(c2cccc3[nH]c(=O)oc23)CC1. The number of nitrogens with zero attached hydrogens (tertiary/aromatic N) is 2. The minimum Gasteiger partial charge on any atom is -0.406 e. The number of para-hydroxylation sites is 1. The summed E-state index contributed by atoms with van der Waals surface area (Å²) in [6, 6.07) is 5.66. The van der Waals surface area contributed by atoms with Gasteiger partial charge in [-0.05, 0) is 25.0 Å². The molecule has 2 aliphatic heterocycles. The summed E-state index contributed by atoms with van der Waals surface area (Å²) in [4.78, 5) is 30.5. The fourth-order valence-corrected chi connectivity index (χ4v) is 3.35. The van der Waals surface area contributed by atoms with Crippen LogP contribution in [0.4, 0.5) is 5.69 Å². The van der Waals surface area contributed by atoms with Crippen LogP contribution in [-0.2, 0) is 9.53 Å². The molecular formula is C16H19N3O4. The van der Waals surface area contributed by atoms with Crippen molar-refractivity contribution in [1.29, 1.82) is 0 Å². The average Bonchev–Trinajstić information content (AvgIpc) is 3.22. The number of carbonyl (C=O) groups excluding carboxylic acids is 1. The predicted octanol–water partition coefficient (Wildman–Crippen LogP) is 0.949. The molecule has 0 saturated carbocycles. The van der Waals surface area contributed by atoms with Gasteiger partial charge in [0.2, 0.25) is 0 Å². The van der Waals surface area contributed by atoms with Crippen LogP contribution >= 0.6 is 0 Å². The third-order valence-electron chi connectivity index (χ3n) is 4.56. The number of hydrogen-bond acceptors (Lipinski definition) is 5. The molecule has 7 nitrogen and oxygen atoms in total. The van der Waals surface area contributed by atoms with Crippen LogP contribution in [0.3, 0.4) is 0 Å². The van der Waals surface area contributed by atoms with Crippen LogP contribution in [-0.4, -0.2) is 54.7 Å². The molecule has 7 heteroatoms. The summed E-state index contributed by atoms with van der Waals surface area (Å²) in [7, 11) is 0. The number of anilines is 1. The lowest BCUT2D eigenvalue weighted by Gasteiger charge is -2.36. The molecule has 1 N–H and O–H groups in total. The summed E-state index contributed by atoms with van der Waals surface area (Å²) in [6.45, 7) is 3.43. The fraction of sp³-hybridized carbons (Fsp3) is 0.500. The number of nitrogens with one attached hydrogen (secondary N) is 1. The van der Waals surface area contributed by atoms with E-state index in [4.69, 9.17) is 9.15 Å². The molecule has 23 heavy (non-hydrogen) atoms. The quantitative estimate of drug-likeness (QED) is 0.892. The van der Waals surface area contributed by atoms with E-state index in [0.29, 0.717) is 43.9 Å². The average molecular weight is 317 g/mol. The van der Waals surface area contributed by atoms with Gasteiger partial charge in [-0.25, -0.2) is 4.79 Å². The topological polar surface area (TPSA) is 78.8 Å². The van der Waals surface area contributed by atoms with Crippen molar-refractivity contribution in [2.45, 2.75) is 18.9 Å². The van der Waals surface area contributed by atoms with Gasteiger partial charge in [-0.15, -0.1) is 0 Å². The summed E-state index contributed by atoms with van der Waals surface area (Å²) in [6.07, 6.45) is 1.53. The first-order valence-electron chi connectivity index (χ1n) is 7.99. The van der Waals surface area contributed by atoms with Gasteiger partial charge in [-0.1, -0.05) is 6.07 Å². The summed E-state index contributed by atoms with van der Waals surface area (Å²) in [5.74, 6) is -0.340. The van der Waals surface area contributed by atoms with Gasteiger partial charge in [0.25, 0.3) is 5.91 Å². The highest BCUT2D eigenvalue weighted by atomic mass is 16.5. The fourth-order valence-electron chi connectivity index (χ4n) is 3.35. The van der Waals surface area contributed by atoms with Gasteiger partial charge in [-0.3, -0.25) is 9.78 Å². The molecule has 2 aliphatic rings. The normalized spacial score (nSPS) is 22.0. The number of hydrogen-bond donors (Lipinski definition) is 1. The third-order valence-corrected chi connectivity index (χ3v) is 4.56. The third kappa shape index (κ3) is 2.61. The zero-order valence-electron chi connectivity index (χ0n) is 12.8. The predicted molar refractivity (Wildman–Crippen MR) is 84.6 cm³/mol. The molecule has 0 aliphatic carbocycles. The molecule has 0 radical (unpaired) electrons. The van der Waals surface area contributed by atoms with E-state index < -0.39 is 5.76 Å². The van der Waals surface area contributed by atoms with E-state index in [2.05, 4.69) is 9.88 Å². The summed E-state index contributed by atoms with van der Waals surface area (Å²) < 4.78 is 10.7. The number of benzene rings is 1. The first-order chi connectivity index (χ1) is 11.2. The first-order valence-corrected chi connectivity index (χ1v) is 7.99. The van der Waals surface area contributed by atoms with Crippen molar-refractivity contribution in [3.8, 4) is 0 Å². The monoisotopic (exact) mass is 317 g/mol. The van der Waals surface area contributed by atoms with Crippen molar-refractivity contribution >= 4 is 22.7 Å². The summed E-state index contributed by atoms with van der Waals surface area (Å²) in [5.41, 5.74) is 2.17. The minimum atomic E-state index is -0.445. The van der Waals surface area contributed by atoms with Gasteiger partial charge in [0.05, 0.1) is 11.2 Å². The number of amides is 1. The van der Waals surface area contributed by atoms with Crippen molar-refractivity contribution < 1.29 is 13.9 Å². The van der Waals surface area contributed by atoms with Gasteiger partial charge in [0.15, 0.2) is 5.58 Å². The Kier molecular flexibility index (Phi) is 3.57. The molecular weight excluding hydrogens is 298 g/mol. The number of rotatable bonds is 2. The number of carbonyl (C=O) groups is 1. The zero-order chi connectivity index (χ0) is 15.8. The van der Waals surface area contributed by atoms with Crippen molar-refractivity contribution in [3.05, 3.63) is 28.7 Å². The second-order valence-electron chi connectivity index (χ2n) is 5.98. The number of piperazine rings is 1. The zero-order valence-corrected chi connectivity index (χ0v) is 12.8. The van der Waals surface area contributed by atoms with Crippen LogP contribution in [0.1, 0.15) is 12.8 Å². The second-order valence-corrected chi connectivity index (χ2v) is 5.98. The van der Waals surface area contributed by atoms with Gasteiger partial charge in [0.1, 0.15) is 6.10 Å². The Morgan fingerprint density at radius 2 is 2.04 bits per heavy atom. The van der Waals surface area contributed by atoms with Crippen LogP contribution in [0.25, 0.3) is 11.1 Å². The number of ether oxygens (including phenoxy) is 1. The Balaban J connectivity index is 1.48. The maximum Gasteiger partial charge on any atom is 0.417 e. The van der Waals surface area contributed by atoms with Gasteiger partial charge in [0, 0.05) is 32.8 Å². The lowest BCUT2D eigenvalue weighted by atomic mass is 10.2. The van der Waals surface area contributed by atoms with E-state index in [1.807, 2.05) is 23.1 Å².